The molecule has 5 heteroatoms. The van der Waals surface area contributed by atoms with Crippen LogP contribution in [0.5, 0.6) is 5.75 Å². The summed E-state index contributed by atoms with van der Waals surface area (Å²) >= 11 is 0. The number of esters is 1. The summed E-state index contributed by atoms with van der Waals surface area (Å²) in [5.41, 5.74) is 0.859. The maximum atomic E-state index is 11.3. The molecule has 1 aromatic carbocycles. The second-order valence-corrected chi connectivity index (χ2v) is 4.57. The Labute approximate surface area is 114 Å². The fourth-order valence-corrected chi connectivity index (χ4v) is 1.48. The van der Waals surface area contributed by atoms with Crippen molar-refractivity contribution in [2.45, 2.75) is 13.0 Å². The molecule has 0 saturated carbocycles. The molecular formula is C14H22N2O3. The van der Waals surface area contributed by atoms with Gasteiger partial charge in [0.25, 0.3) is 0 Å². The maximum Gasteiger partial charge on any atom is 0.327 e. The number of anilines is 1. The Hall–Kier alpha value is -1.75. The Kier molecular flexibility index (Phi) is 6.15. The van der Waals surface area contributed by atoms with Crippen molar-refractivity contribution >= 4 is 11.7 Å². The van der Waals surface area contributed by atoms with E-state index in [4.69, 9.17) is 4.74 Å². The van der Waals surface area contributed by atoms with E-state index in [1.54, 1.807) is 6.92 Å². The number of hydrogen-bond donors (Lipinski definition) is 1. The first kappa shape index (κ1) is 15.3. The number of carbonyl (C=O) groups excluding carboxylic acids is 1. The van der Waals surface area contributed by atoms with Crippen LogP contribution in [0.25, 0.3) is 0 Å². The van der Waals surface area contributed by atoms with Gasteiger partial charge in [-0.25, -0.2) is 4.79 Å². The SMILES string of the molecule is COC(=O)C(C)Nc1ccc(OCCN(C)C)cc1. The molecule has 0 aliphatic heterocycles. The molecule has 0 heterocycles. The third-order valence-corrected chi connectivity index (χ3v) is 2.60. The Balaban J connectivity index is 2.45. The minimum Gasteiger partial charge on any atom is -0.492 e. The normalized spacial score (nSPS) is 12.1. The van der Waals surface area contributed by atoms with Crippen molar-refractivity contribution in [1.29, 1.82) is 0 Å². The van der Waals surface area contributed by atoms with E-state index in [0.717, 1.165) is 18.0 Å². The molecule has 0 bridgehead atoms. The summed E-state index contributed by atoms with van der Waals surface area (Å²) in [5.74, 6) is 0.532. The zero-order valence-electron chi connectivity index (χ0n) is 12.0. The average molecular weight is 266 g/mol. The molecule has 5 nitrogen and oxygen atoms in total. The molecule has 106 valence electrons. The molecular weight excluding hydrogens is 244 g/mol. The molecule has 1 atom stereocenters. The van der Waals surface area contributed by atoms with Gasteiger partial charge in [0.1, 0.15) is 18.4 Å². The summed E-state index contributed by atoms with van der Waals surface area (Å²) in [7, 11) is 5.39. The van der Waals surface area contributed by atoms with Gasteiger partial charge in [-0.15, -0.1) is 0 Å². The van der Waals surface area contributed by atoms with Crippen molar-refractivity contribution in [3.05, 3.63) is 24.3 Å². The predicted octanol–water partition coefficient (Wildman–Crippen LogP) is 1.60. The third kappa shape index (κ3) is 5.61. The van der Waals surface area contributed by atoms with E-state index in [1.807, 2.05) is 38.4 Å². The molecule has 0 amide bonds. The number of rotatable bonds is 7. The van der Waals surface area contributed by atoms with Gasteiger partial charge in [-0.2, -0.15) is 0 Å². The summed E-state index contributed by atoms with van der Waals surface area (Å²) in [6.45, 7) is 3.28. The van der Waals surface area contributed by atoms with E-state index in [9.17, 15) is 4.79 Å². The van der Waals surface area contributed by atoms with Crippen molar-refractivity contribution in [1.82, 2.24) is 4.90 Å². The molecule has 0 spiro atoms. The van der Waals surface area contributed by atoms with E-state index in [1.165, 1.54) is 7.11 Å². The molecule has 0 saturated heterocycles. The minimum absolute atomic E-state index is 0.286. The van der Waals surface area contributed by atoms with Crippen molar-refractivity contribution in [3.8, 4) is 5.75 Å². The lowest BCUT2D eigenvalue weighted by Gasteiger charge is -2.14. The van der Waals surface area contributed by atoms with Crippen LogP contribution in [0.3, 0.4) is 0 Å². The fraction of sp³-hybridized carbons (Fsp3) is 0.500. The van der Waals surface area contributed by atoms with Crippen molar-refractivity contribution < 1.29 is 14.3 Å². The number of likely N-dealkylation sites (N-methyl/N-ethyl adjacent to an activating group) is 1. The second kappa shape index (κ2) is 7.63. The van der Waals surface area contributed by atoms with Crippen LogP contribution in [-0.2, 0) is 9.53 Å². The molecule has 1 rings (SSSR count). The van der Waals surface area contributed by atoms with E-state index >= 15 is 0 Å². The molecule has 1 N–H and O–H groups in total. The summed E-state index contributed by atoms with van der Waals surface area (Å²) in [5, 5.41) is 3.06. The molecule has 0 radical (unpaired) electrons. The summed E-state index contributed by atoms with van der Waals surface area (Å²) in [6, 6.07) is 7.14. The second-order valence-electron chi connectivity index (χ2n) is 4.57. The monoisotopic (exact) mass is 266 g/mol. The smallest absolute Gasteiger partial charge is 0.327 e. The number of methoxy groups -OCH3 is 1. The predicted molar refractivity (Wildman–Crippen MR) is 75.6 cm³/mol. The zero-order valence-corrected chi connectivity index (χ0v) is 12.0. The van der Waals surface area contributed by atoms with Crippen molar-refractivity contribution in [2.75, 3.05) is 39.7 Å². The number of benzene rings is 1. The Morgan fingerprint density at radius 2 is 1.95 bits per heavy atom. The lowest BCUT2D eigenvalue weighted by Crippen LogP contribution is -2.27. The third-order valence-electron chi connectivity index (χ3n) is 2.60. The van der Waals surface area contributed by atoms with Crippen LogP contribution in [0.2, 0.25) is 0 Å². The summed E-state index contributed by atoms with van der Waals surface area (Å²) in [4.78, 5) is 13.3. The molecule has 0 aromatic heterocycles. The lowest BCUT2D eigenvalue weighted by atomic mass is 10.2. The van der Waals surface area contributed by atoms with Gasteiger partial charge < -0.3 is 19.7 Å². The van der Waals surface area contributed by atoms with Crippen molar-refractivity contribution in [3.63, 3.8) is 0 Å². The van der Waals surface area contributed by atoms with Crippen LogP contribution in [0.15, 0.2) is 24.3 Å². The Bertz CT molecular complexity index is 390. The minimum atomic E-state index is -0.370. The molecule has 1 aromatic rings. The van der Waals surface area contributed by atoms with Gasteiger partial charge in [-0.1, -0.05) is 0 Å². The summed E-state index contributed by atoms with van der Waals surface area (Å²) in [6.07, 6.45) is 0. The molecule has 0 aliphatic rings. The van der Waals surface area contributed by atoms with Crippen LogP contribution < -0.4 is 10.1 Å². The Morgan fingerprint density at radius 1 is 1.32 bits per heavy atom. The average Bonchev–Trinajstić information content (AvgIpc) is 2.39. The zero-order chi connectivity index (χ0) is 14.3. The van der Waals surface area contributed by atoms with Crippen molar-refractivity contribution in [2.24, 2.45) is 0 Å². The van der Waals surface area contributed by atoms with Gasteiger partial charge in [0.05, 0.1) is 7.11 Å². The number of hydrogen-bond acceptors (Lipinski definition) is 5. The number of carbonyl (C=O) groups is 1. The molecule has 0 aliphatic carbocycles. The first-order valence-corrected chi connectivity index (χ1v) is 6.25. The highest BCUT2D eigenvalue weighted by Crippen LogP contribution is 2.16. The van der Waals surface area contributed by atoms with Gasteiger partial charge in [-0.05, 0) is 45.3 Å². The van der Waals surface area contributed by atoms with E-state index in [0.29, 0.717) is 6.61 Å². The fourth-order valence-electron chi connectivity index (χ4n) is 1.48. The Morgan fingerprint density at radius 3 is 2.47 bits per heavy atom. The summed E-state index contributed by atoms with van der Waals surface area (Å²) < 4.78 is 10.2. The van der Waals surface area contributed by atoms with Crippen LogP contribution in [0.4, 0.5) is 5.69 Å². The molecule has 1 unspecified atom stereocenters. The largest absolute Gasteiger partial charge is 0.492 e. The molecule has 19 heavy (non-hydrogen) atoms. The van der Waals surface area contributed by atoms with Crippen LogP contribution >= 0.6 is 0 Å². The topological polar surface area (TPSA) is 50.8 Å². The maximum absolute atomic E-state index is 11.3. The van der Waals surface area contributed by atoms with Gasteiger partial charge >= 0.3 is 5.97 Å². The number of nitrogens with one attached hydrogen (secondary N) is 1. The van der Waals surface area contributed by atoms with E-state index in [-0.39, 0.29) is 12.0 Å². The molecule has 0 fully saturated rings. The lowest BCUT2D eigenvalue weighted by molar-refractivity contribution is -0.141. The van der Waals surface area contributed by atoms with E-state index in [2.05, 4.69) is 15.0 Å². The quantitative estimate of drug-likeness (QED) is 0.760. The van der Waals surface area contributed by atoms with Gasteiger partial charge in [0.15, 0.2) is 0 Å². The number of nitrogens with zero attached hydrogens (tertiary/aromatic N) is 1. The van der Waals surface area contributed by atoms with Crippen LogP contribution in [0.1, 0.15) is 6.92 Å². The van der Waals surface area contributed by atoms with E-state index < -0.39 is 0 Å². The highest BCUT2D eigenvalue weighted by atomic mass is 16.5. The van der Waals surface area contributed by atoms with Crippen LogP contribution in [0, 0.1) is 0 Å². The standard InChI is InChI=1S/C14H22N2O3/c1-11(14(17)18-4)15-12-5-7-13(8-6-12)19-10-9-16(2)3/h5-8,11,15H,9-10H2,1-4H3. The first-order valence-electron chi connectivity index (χ1n) is 6.25. The number of ether oxygens (including phenoxy) is 2. The highest BCUT2D eigenvalue weighted by molar-refractivity contribution is 5.78. The van der Waals surface area contributed by atoms with Crippen LogP contribution in [-0.4, -0.2) is 51.3 Å². The highest BCUT2D eigenvalue weighted by Gasteiger charge is 2.12. The first-order chi connectivity index (χ1) is 9.02. The van der Waals surface area contributed by atoms with Gasteiger partial charge in [0, 0.05) is 12.2 Å². The van der Waals surface area contributed by atoms with Gasteiger partial charge in [0.2, 0.25) is 0 Å². The van der Waals surface area contributed by atoms with Gasteiger partial charge in [-0.3, -0.25) is 0 Å².